The topological polar surface area (TPSA) is 54.2 Å². The summed E-state index contributed by atoms with van der Waals surface area (Å²) in [6, 6.07) is 8.48. The zero-order valence-corrected chi connectivity index (χ0v) is 13.4. The molecule has 1 aliphatic rings. The van der Waals surface area contributed by atoms with Crippen molar-refractivity contribution in [1.29, 1.82) is 0 Å². The Hall–Kier alpha value is -1.65. The molecular weight excluding hydrogens is 272 g/mol. The van der Waals surface area contributed by atoms with Crippen LogP contribution in [0.4, 0.5) is 5.69 Å². The first-order chi connectivity index (χ1) is 10.8. The van der Waals surface area contributed by atoms with Gasteiger partial charge in [0.05, 0.1) is 5.52 Å². The molecule has 1 aromatic heterocycles. The van der Waals surface area contributed by atoms with Crippen LogP contribution in [0, 0.1) is 0 Å². The molecule has 0 atom stereocenters. The number of aromatic nitrogens is 1. The summed E-state index contributed by atoms with van der Waals surface area (Å²) in [5.74, 6) is 0. The lowest BCUT2D eigenvalue weighted by atomic mass is 9.92. The van der Waals surface area contributed by atoms with Gasteiger partial charge in [-0.15, -0.1) is 0 Å². The van der Waals surface area contributed by atoms with E-state index in [1.54, 1.807) is 0 Å². The summed E-state index contributed by atoms with van der Waals surface area (Å²) in [5, 5.41) is 4.94. The largest absolute Gasteiger partial charge is 0.383 e. The first-order valence-electron chi connectivity index (χ1n) is 8.32. The lowest BCUT2D eigenvalue weighted by Crippen LogP contribution is -2.30. The Morgan fingerprint density at radius 2 is 2.00 bits per heavy atom. The van der Waals surface area contributed by atoms with Gasteiger partial charge in [0.2, 0.25) is 0 Å². The highest BCUT2D eigenvalue weighted by Crippen LogP contribution is 2.33. The van der Waals surface area contributed by atoms with Crippen LogP contribution in [0.3, 0.4) is 0 Å². The van der Waals surface area contributed by atoms with Gasteiger partial charge in [0.1, 0.15) is 0 Å². The Morgan fingerprint density at radius 3 is 2.86 bits per heavy atom. The number of nitrogens with two attached hydrogens (primary N) is 1. The predicted octanol–water partition coefficient (Wildman–Crippen LogP) is 2.42. The van der Waals surface area contributed by atoms with E-state index in [0.717, 1.165) is 38.0 Å². The van der Waals surface area contributed by atoms with Gasteiger partial charge in [-0.1, -0.05) is 18.2 Å². The monoisotopic (exact) mass is 298 g/mol. The minimum Gasteiger partial charge on any atom is -0.383 e. The van der Waals surface area contributed by atoms with Crippen molar-refractivity contribution in [1.82, 2.24) is 9.88 Å². The molecule has 3 N–H and O–H groups in total. The van der Waals surface area contributed by atoms with E-state index in [1.807, 2.05) is 0 Å². The number of anilines is 1. The smallest absolute Gasteiger partial charge is 0.0726 e. The molecule has 0 saturated carbocycles. The number of fused-ring (bicyclic) bond motifs is 2. The Balaban J connectivity index is 1.86. The summed E-state index contributed by atoms with van der Waals surface area (Å²) in [4.78, 5) is 7.15. The standard InChI is InChI=1S/C18H26N4/c1-22(12-10-19)13-11-20-18-14-6-2-4-8-16(14)21-17-9-5-3-7-15(17)18/h2,4,6,8H,3,5,7,9-13,19H2,1H3,(H,20,21). The number of benzene rings is 1. The molecule has 1 aliphatic carbocycles. The highest BCUT2D eigenvalue weighted by atomic mass is 15.1. The molecule has 0 amide bonds. The molecule has 118 valence electrons. The molecule has 3 rings (SSSR count). The summed E-state index contributed by atoms with van der Waals surface area (Å²) >= 11 is 0. The molecule has 0 spiro atoms. The molecule has 0 fully saturated rings. The number of rotatable bonds is 6. The second-order valence-corrected chi connectivity index (χ2v) is 6.16. The number of nitrogens with zero attached hydrogens (tertiary/aromatic N) is 2. The van der Waals surface area contributed by atoms with Crippen LogP contribution in [0.5, 0.6) is 0 Å². The van der Waals surface area contributed by atoms with Gasteiger partial charge < -0.3 is 16.0 Å². The van der Waals surface area contributed by atoms with Crippen molar-refractivity contribution in [2.24, 2.45) is 5.73 Å². The van der Waals surface area contributed by atoms with Gasteiger partial charge in [0.25, 0.3) is 0 Å². The normalized spacial score (nSPS) is 14.3. The maximum atomic E-state index is 5.61. The van der Waals surface area contributed by atoms with Crippen LogP contribution in [-0.4, -0.2) is 43.1 Å². The quantitative estimate of drug-likeness (QED) is 0.860. The van der Waals surface area contributed by atoms with E-state index in [0.29, 0.717) is 6.54 Å². The minimum atomic E-state index is 0.712. The van der Waals surface area contributed by atoms with Gasteiger partial charge in [-0.2, -0.15) is 0 Å². The second kappa shape index (κ2) is 7.07. The van der Waals surface area contributed by atoms with Crippen LogP contribution in [0.25, 0.3) is 10.9 Å². The van der Waals surface area contributed by atoms with Crippen molar-refractivity contribution in [3.63, 3.8) is 0 Å². The summed E-state index contributed by atoms with van der Waals surface area (Å²) in [6.45, 7) is 3.60. The highest BCUT2D eigenvalue weighted by molar-refractivity contribution is 5.93. The van der Waals surface area contributed by atoms with E-state index in [9.17, 15) is 0 Å². The zero-order valence-electron chi connectivity index (χ0n) is 13.4. The zero-order chi connectivity index (χ0) is 15.4. The molecule has 0 unspecified atom stereocenters. The third-order valence-corrected chi connectivity index (χ3v) is 4.48. The average molecular weight is 298 g/mol. The van der Waals surface area contributed by atoms with Crippen molar-refractivity contribution < 1.29 is 0 Å². The van der Waals surface area contributed by atoms with E-state index in [4.69, 9.17) is 10.7 Å². The van der Waals surface area contributed by atoms with Crippen LogP contribution < -0.4 is 11.1 Å². The molecule has 1 heterocycles. The minimum absolute atomic E-state index is 0.712. The Kier molecular flexibility index (Phi) is 4.90. The van der Waals surface area contributed by atoms with Crippen LogP contribution in [0.2, 0.25) is 0 Å². The van der Waals surface area contributed by atoms with Crippen LogP contribution in [0.15, 0.2) is 24.3 Å². The van der Waals surface area contributed by atoms with E-state index < -0.39 is 0 Å². The predicted molar refractivity (Wildman–Crippen MR) is 93.4 cm³/mol. The Bertz CT molecular complexity index is 638. The number of hydrogen-bond acceptors (Lipinski definition) is 4. The van der Waals surface area contributed by atoms with Gasteiger partial charge in [-0.05, 0) is 44.4 Å². The summed E-state index contributed by atoms with van der Waals surface area (Å²) in [6.07, 6.45) is 4.79. The van der Waals surface area contributed by atoms with E-state index in [1.165, 1.54) is 35.2 Å². The number of likely N-dealkylation sites (N-methyl/N-ethyl adjacent to an activating group) is 1. The molecule has 0 radical (unpaired) electrons. The van der Waals surface area contributed by atoms with Gasteiger partial charge in [0, 0.05) is 42.9 Å². The number of hydrogen-bond donors (Lipinski definition) is 2. The van der Waals surface area contributed by atoms with E-state index >= 15 is 0 Å². The van der Waals surface area contributed by atoms with Gasteiger partial charge in [-0.3, -0.25) is 4.98 Å². The van der Waals surface area contributed by atoms with Crippen molar-refractivity contribution in [3.05, 3.63) is 35.5 Å². The maximum Gasteiger partial charge on any atom is 0.0726 e. The molecule has 1 aromatic carbocycles. The average Bonchev–Trinajstić information content (AvgIpc) is 2.54. The van der Waals surface area contributed by atoms with Crippen molar-refractivity contribution >= 4 is 16.6 Å². The molecule has 2 aromatic rings. The lowest BCUT2D eigenvalue weighted by Gasteiger charge is -2.23. The van der Waals surface area contributed by atoms with Gasteiger partial charge in [0.15, 0.2) is 0 Å². The second-order valence-electron chi connectivity index (χ2n) is 6.16. The Labute approximate surface area is 132 Å². The van der Waals surface area contributed by atoms with Crippen molar-refractivity contribution in [2.75, 3.05) is 38.5 Å². The molecular formula is C18H26N4. The third kappa shape index (κ3) is 3.23. The summed E-state index contributed by atoms with van der Waals surface area (Å²) < 4.78 is 0. The molecule has 4 nitrogen and oxygen atoms in total. The molecule has 4 heteroatoms. The lowest BCUT2D eigenvalue weighted by molar-refractivity contribution is 0.357. The molecule has 22 heavy (non-hydrogen) atoms. The van der Waals surface area contributed by atoms with E-state index in [-0.39, 0.29) is 0 Å². The fourth-order valence-electron chi connectivity index (χ4n) is 3.28. The number of para-hydroxylation sites is 1. The summed E-state index contributed by atoms with van der Waals surface area (Å²) in [7, 11) is 2.12. The fourth-order valence-corrected chi connectivity index (χ4v) is 3.28. The third-order valence-electron chi connectivity index (χ3n) is 4.48. The number of aryl methyl sites for hydroxylation is 1. The van der Waals surface area contributed by atoms with Crippen molar-refractivity contribution in [2.45, 2.75) is 25.7 Å². The number of nitrogens with one attached hydrogen (secondary N) is 1. The maximum absolute atomic E-state index is 5.61. The molecule has 0 saturated heterocycles. The fraction of sp³-hybridized carbons (Fsp3) is 0.500. The SMILES string of the molecule is CN(CCN)CCNc1c2c(nc3ccccc13)CCCC2. The molecule has 0 bridgehead atoms. The molecule has 0 aliphatic heterocycles. The van der Waals surface area contributed by atoms with Gasteiger partial charge >= 0.3 is 0 Å². The number of pyridine rings is 1. The van der Waals surface area contributed by atoms with Crippen LogP contribution in [-0.2, 0) is 12.8 Å². The first-order valence-corrected chi connectivity index (χ1v) is 8.32. The summed E-state index contributed by atoms with van der Waals surface area (Å²) in [5.41, 5.74) is 10.8. The van der Waals surface area contributed by atoms with Crippen LogP contribution >= 0.6 is 0 Å². The Morgan fingerprint density at radius 1 is 1.18 bits per heavy atom. The van der Waals surface area contributed by atoms with E-state index in [2.05, 4.69) is 41.5 Å². The van der Waals surface area contributed by atoms with Crippen LogP contribution in [0.1, 0.15) is 24.1 Å². The van der Waals surface area contributed by atoms with Gasteiger partial charge in [-0.25, -0.2) is 0 Å². The van der Waals surface area contributed by atoms with Crippen molar-refractivity contribution in [3.8, 4) is 0 Å². The first kappa shape index (κ1) is 15.3. The highest BCUT2D eigenvalue weighted by Gasteiger charge is 2.17.